The van der Waals surface area contributed by atoms with Crippen molar-refractivity contribution in [3.63, 3.8) is 0 Å². The monoisotopic (exact) mass is 357 g/mol. The molecule has 5 heteroatoms. The molecule has 0 atom stereocenters. The van der Waals surface area contributed by atoms with Gasteiger partial charge in [0.25, 0.3) is 5.91 Å². The number of carbonyl (C=O) groups excluding carboxylic acids is 1. The summed E-state index contributed by atoms with van der Waals surface area (Å²) in [6.07, 6.45) is 3.35. The zero-order valence-electron chi connectivity index (χ0n) is 15.5. The van der Waals surface area contributed by atoms with Crippen molar-refractivity contribution in [3.8, 4) is 17.2 Å². The van der Waals surface area contributed by atoms with E-state index in [1.807, 2.05) is 37.3 Å². The topological polar surface area (TPSA) is 56.8 Å². The second-order valence-corrected chi connectivity index (χ2v) is 5.82. The zero-order valence-corrected chi connectivity index (χ0v) is 15.5. The highest BCUT2D eigenvalue weighted by Gasteiger charge is 2.05. The van der Waals surface area contributed by atoms with E-state index in [0.717, 1.165) is 30.8 Å². The Balaban J connectivity index is 1.77. The Hall–Kier alpha value is -2.69. The zero-order chi connectivity index (χ0) is 18.6. The van der Waals surface area contributed by atoms with E-state index in [1.54, 1.807) is 18.2 Å². The maximum Gasteiger partial charge on any atom is 0.262 e. The van der Waals surface area contributed by atoms with Crippen molar-refractivity contribution in [2.45, 2.75) is 33.1 Å². The molecule has 1 amide bonds. The summed E-state index contributed by atoms with van der Waals surface area (Å²) in [4.78, 5) is 12.0. The van der Waals surface area contributed by atoms with Crippen molar-refractivity contribution in [2.24, 2.45) is 0 Å². The molecule has 2 aromatic carbocycles. The fraction of sp³-hybridized carbons (Fsp3) is 0.381. The molecule has 0 radical (unpaired) electrons. The molecule has 0 aliphatic heterocycles. The smallest absolute Gasteiger partial charge is 0.262 e. The second-order valence-electron chi connectivity index (χ2n) is 5.82. The Morgan fingerprint density at radius 2 is 1.62 bits per heavy atom. The molecule has 0 fully saturated rings. The fourth-order valence-electron chi connectivity index (χ4n) is 2.34. The van der Waals surface area contributed by atoms with Crippen molar-refractivity contribution in [1.29, 1.82) is 0 Å². The molecule has 0 aromatic heterocycles. The number of unbranched alkanes of at least 4 members (excludes halogenated alkanes) is 2. The van der Waals surface area contributed by atoms with Gasteiger partial charge in [-0.15, -0.1) is 0 Å². The molecular formula is C21H27NO4. The molecule has 0 bridgehead atoms. The quantitative estimate of drug-likeness (QED) is 0.594. The van der Waals surface area contributed by atoms with Gasteiger partial charge in [0, 0.05) is 11.8 Å². The van der Waals surface area contributed by atoms with Crippen LogP contribution >= 0.6 is 0 Å². The van der Waals surface area contributed by atoms with Gasteiger partial charge < -0.3 is 19.5 Å². The fourth-order valence-corrected chi connectivity index (χ4v) is 2.34. The predicted octanol–water partition coefficient (Wildman–Crippen LogP) is 4.67. The largest absolute Gasteiger partial charge is 0.494 e. The molecule has 0 spiro atoms. The minimum absolute atomic E-state index is 0.0630. The first-order chi connectivity index (χ1) is 12.7. The summed E-state index contributed by atoms with van der Waals surface area (Å²) in [7, 11) is 0. The van der Waals surface area contributed by atoms with Crippen LogP contribution in [0.25, 0.3) is 0 Å². The third-order valence-electron chi connectivity index (χ3n) is 3.64. The van der Waals surface area contributed by atoms with Gasteiger partial charge in [-0.25, -0.2) is 0 Å². The van der Waals surface area contributed by atoms with E-state index in [-0.39, 0.29) is 12.5 Å². The SMILES string of the molecule is CCCCCOc1cccc(OCC(=O)Nc2ccc(OCC)cc2)c1. The minimum Gasteiger partial charge on any atom is -0.494 e. The van der Waals surface area contributed by atoms with E-state index >= 15 is 0 Å². The molecule has 140 valence electrons. The van der Waals surface area contributed by atoms with Crippen LogP contribution in [0.2, 0.25) is 0 Å². The maximum absolute atomic E-state index is 12.0. The van der Waals surface area contributed by atoms with Gasteiger partial charge in [0.2, 0.25) is 0 Å². The molecule has 5 nitrogen and oxygen atoms in total. The average molecular weight is 357 g/mol. The Morgan fingerprint density at radius 1 is 0.885 bits per heavy atom. The molecule has 0 aliphatic rings. The predicted molar refractivity (Wildman–Crippen MR) is 103 cm³/mol. The number of anilines is 1. The van der Waals surface area contributed by atoms with Crippen LogP contribution in [0.1, 0.15) is 33.1 Å². The van der Waals surface area contributed by atoms with Crippen LogP contribution in [0.4, 0.5) is 5.69 Å². The Bertz CT molecular complexity index is 670. The van der Waals surface area contributed by atoms with Crippen LogP contribution in [0.15, 0.2) is 48.5 Å². The molecule has 0 aliphatic carbocycles. The maximum atomic E-state index is 12.0. The Morgan fingerprint density at radius 3 is 2.31 bits per heavy atom. The number of amides is 1. The lowest BCUT2D eigenvalue weighted by Gasteiger charge is -2.10. The van der Waals surface area contributed by atoms with Crippen molar-refractivity contribution < 1.29 is 19.0 Å². The minimum atomic E-state index is -0.219. The third-order valence-corrected chi connectivity index (χ3v) is 3.64. The van der Waals surface area contributed by atoms with Crippen molar-refractivity contribution in [2.75, 3.05) is 25.1 Å². The molecule has 1 N–H and O–H groups in total. The second kappa shape index (κ2) is 11.0. The molecule has 0 saturated heterocycles. The van der Waals surface area contributed by atoms with E-state index in [2.05, 4.69) is 12.2 Å². The van der Waals surface area contributed by atoms with Gasteiger partial charge in [-0.3, -0.25) is 4.79 Å². The van der Waals surface area contributed by atoms with Crippen LogP contribution in [-0.4, -0.2) is 25.7 Å². The number of ether oxygens (including phenoxy) is 3. The lowest BCUT2D eigenvalue weighted by molar-refractivity contribution is -0.118. The van der Waals surface area contributed by atoms with Gasteiger partial charge in [0.1, 0.15) is 17.2 Å². The normalized spacial score (nSPS) is 10.2. The van der Waals surface area contributed by atoms with Crippen LogP contribution < -0.4 is 19.5 Å². The van der Waals surface area contributed by atoms with Crippen molar-refractivity contribution in [1.82, 2.24) is 0 Å². The van der Waals surface area contributed by atoms with Crippen LogP contribution in [0.5, 0.6) is 17.2 Å². The van der Waals surface area contributed by atoms with Gasteiger partial charge in [0.15, 0.2) is 6.61 Å². The van der Waals surface area contributed by atoms with Gasteiger partial charge in [-0.1, -0.05) is 25.8 Å². The Kier molecular flexibility index (Phi) is 8.33. The van der Waals surface area contributed by atoms with Gasteiger partial charge in [-0.05, 0) is 49.7 Å². The first kappa shape index (κ1) is 19.6. The summed E-state index contributed by atoms with van der Waals surface area (Å²) in [5.41, 5.74) is 0.704. The van der Waals surface area contributed by atoms with E-state index in [1.165, 1.54) is 0 Å². The molecule has 0 unspecified atom stereocenters. The highest BCUT2D eigenvalue weighted by atomic mass is 16.5. The molecule has 0 saturated carbocycles. The summed E-state index contributed by atoms with van der Waals surface area (Å²) >= 11 is 0. The summed E-state index contributed by atoms with van der Waals surface area (Å²) in [6.45, 7) is 5.33. The van der Waals surface area contributed by atoms with Gasteiger partial charge >= 0.3 is 0 Å². The number of benzene rings is 2. The molecule has 0 heterocycles. The van der Waals surface area contributed by atoms with Gasteiger partial charge in [-0.2, -0.15) is 0 Å². The van der Waals surface area contributed by atoms with Crippen LogP contribution in [-0.2, 0) is 4.79 Å². The molecular weight excluding hydrogens is 330 g/mol. The highest BCUT2D eigenvalue weighted by Crippen LogP contribution is 2.20. The molecule has 2 rings (SSSR count). The number of rotatable bonds is 11. The number of carbonyl (C=O) groups is 1. The third kappa shape index (κ3) is 7.05. The van der Waals surface area contributed by atoms with E-state index in [9.17, 15) is 4.79 Å². The Labute approximate surface area is 155 Å². The van der Waals surface area contributed by atoms with E-state index < -0.39 is 0 Å². The van der Waals surface area contributed by atoms with E-state index in [4.69, 9.17) is 14.2 Å². The lowest BCUT2D eigenvalue weighted by atomic mass is 10.3. The number of nitrogens with one attached hydrogen (secondary N) is 1. The van der Waals surface area contributed by atoms with Gasteiger partial charge in [0.05, 0.1) is 13.2 Å². The van der Waals surface area contributed by atoms with E-state index in [0.29, 0.717) is 24.7 Å². The summed E-state index contributed by atoms with van der Waals surface area (Å²) in [6, 6.07) is 14.6. The lowest BCUT2D eigenvalue weighted by Crippen LogP contribution is -2.20. The van der Waals surface area contributed by atoms with Crippen LogP contribution in [0, 0.1) is 0 Å². The highest BCUT2D eigenvalue weighted by molar-refractivity contribution is 5.91. The molecule has 26 heavy (non-hydrogen) atoms. The van der Waals surface area contributed by atoms with Crippen LogP contribution in [0.3, 0.4) is 0 Å². The average Bonchev–Trinajstić information content (AvgIpc) is 2.66. The van der Waals surface area contributed by atoms with Crippen molar-refractivity contribution >= 4 is 11.6 Å². The summed E-state index contributed by atoms with van der Waals surface area (Å²) < 4.78 is 16.6. The summed E-state index contributed by atoms with van der Waals surface area (Å²) in [5.74, 6) is 1.92. The number of hydrogen-bond acceptors (Lipinski definition) is 4. The first-order valence-electron chi connectivity index (χ1n) is 9.09. The first-order valence-corrected chi connectivity index (χ1v) is 9.09. The molecule has 2 aromatic rings. The summed E-state index contributed by atoms with van der Waals surface area (Å²) in [5, 5.41) is 2.79. The van der Waals surface area contributed by atoms with Crippen molar-refractivity contribution in [3.05, 3.63) is 48.5 Å². The number of hydrogen-bond donors (Lipinski definition) is 1. The standard InChI is InChI=1S/C21H27NO4/c1-3-5-6-14-25-19-8-7-9-20(15-19)26-16-21(23)22-17-10-12-18(13-11-17)24-4-2/h7-13,15H,3-6,14,16H2,1-2H3,(H,22,23).